The van der Waals surface area contributed by atoms with E-state index in [1.54, 1.807) is 0 Å². The second kappa shape index (κ2) is 3.27. The van der Waals surface area contributed by atoms with Crippen molar-refractivity contribution in [3.8, 4) is 0 Å². The van der Waals surface area contributed by atoms with Crippen molar-refractivity contribution in [2.45, 2.75) is 19.9 Å². The maximum absolute atomic E-state index is 11.6. The number of carbonyl (C=O) groups is 1. The largest absolute Gasteiger partial charge is 0.340 e. The summed E-state index contributed by atoms with van der Waals surface area (Å²) in [7, 11) is 0. The molecule has 0 bridgehead atoms. The fraction of sp³-hybridized carbons (Fsp3) is 0.889. The first-order valence-electron chi connectivity index (χ1n) is 4.84. The molecule has 4 nitrogen and oxygen atoms in total. The van der Waals surface area contributed by atoms with Gasteiger partial charge in [-0.05, 0) is 0 Å². The minimum Gasteiger partial charge on any atom is -0.340 e. The second-order valence-electron chi connectivity index (χ2n) is 4.19. The van der Waals surface area contributed by atoms with Crippen LogP contribution in [0.5, 0.6) is 0 Å². The molecule has 2 atom stereocenters. The summed E-state index contributed by atoms with van der Waals surface area (Å²) in [5.74, 6) is 0.874. The molecule has 0 aliphatic carbocycles. The summed E-state index contributed by atoms with van der Waals surface area (Å²) in [5.41, 5.74) is 2.95. The zero-order valence-electron chi connectivity index (χ0n) is 8.12. The fourth-order valence-corrected chi connectivity index (χ4v) is 1.98. The van der Waals surface area contributed by atoms with Gasteiger partial charge < -0.3 is 9.74 Å². The molecule has 2 fully saturated rings. The Balaban J connectivity index is 1.95. The Morgan fingerprint density at radius 3 is 2.92 bits per heavy atom. The van der Waals surface area contributed by atoms with E-state index in [4.69, 9.17) is 4.84 Å². The molecule has 0 aromatic heterocycles. The lowest BCUT2D eigenvalue weighted by molar-refractivity contribution is -0.134. The highest BCUT2D eigenvalue weighted by molar-refractivity contribution is 5.78. The van der Waals surface area contributed by atoms with Crippen LogP contribution in [0.4, 0.5) is 0 Å². The molecule has 2 rings (SSSR count). The predicted molar refractivity (Wildman–Crippen MR) is 47.8 cm³/mol. The molecule has 0 saturated carbocycles. The van der Waals surface area contributed by atoms with Crippen molar-refractivity contribution in [1.82, 2.24) is 10.4 Å². The third-order valence-electron chi connectivity index (χ3n) is 2.78. The quantitative estimate of drug-likeness (QED) is 0.624. The molecule has 2 aliphatic rings. The third-order valence-corrected chi connectivity index (χ3v) is 2.78. The van der Waals surface area contributed by atoms with Crippen LogP contribution in [0.3, 0.4) is 0 Å². The lowest BCUT2D eigenvalue weighted by Gasteiger charge is -2.19. The van der Waals surface area contributed by atoms with E-state index in [1.165, 1.54) is 0 Å². The van der Waals surface area contributed by atoms with Crippen molar-refractivity contribution in [2.24, 2.45) is 11.8 Å². The summed E-state index contributed by atoms with van der Waals surface area (Å²) in [5, 5.41) is 0. The Morgan fingerprint density at radius 1 is 1.54 bits per heavy atom. The topological polar surface area (TPSA) is 41.6 Å². The number of hydrogen-bond donors (Lipinski definition) is 1. The van der Waals surface area contributed by atoms with Crippen molar-refractivity contribution in [1.29, 1.82) is 0 Å². The Labute approximate surface area is 78.2 Å². The number of nitrogens with one attached hydrogen (secondary N) is 1. The third kappa shape index (κ3) is 1.56. The molecular weight excluding hydrogens is 168 g/mol. The van der Waals surface area contributed by atoms with Crippen molar-refractivity contribution < 1.29 is 9.63 Å². The molecule has 13 heavy (non-hydrogen) atoms. The standard InChI is InChI=1S/C9H16N2O2/c1-6(2)9(12)11-3-7-5-13-10-8(7)4-11/h6-8,10H,3-5H2,1-2H3/t7-,8-/m0/s1. The van der Waals surface area contributed by atoms with Crippen LogP contribution in [-0.2, 0) is 9.63 Å². The van der Waals surface area contributed by atoms with E-state index >= 15 is 0 Å². The summed E-state index contributed by atoms with van der Waals surface area (Å²) in [6.45, 7) is 6.30. The normalized spacial score (nSPS) is 32.7. The van der Waals surface area contributed by atoms with E-state index in [0.29, 0.717) is 12.0 Å². The highest BCUT2D eigenvalue weighted by Gasteiger charge is 2.39. The molecule has 4 heteroatoms. The summed E-state index contributed by atoms with van der Waals surface area (Å²) < 4.78 is 0. The zero-order valence-corrected chi connectivity index (χ0v) is 8.12. The average Bonchev–Trinajstić information content (AvgIpc) is 2.59. The van der Waals surface area contributed by atoms with Gasteiger partial charge in [-0.15, -0.1) is 0 Å². The first-order chi connectivity index (χ1) is 6.18. The van der Waals surface area contributed by atoms with E-state index in [0.717, 1.165) is 19.7 Å². The number of carbonyl (C=O) groups excluding carboxylic acids is 1. The summed E-state index contributed by atoms with van der Waals surface area (Å²) in [4.78, 5) is 18.7. The Bertz CT molecular complexity index is 206. The lowest BCUT2D eigenvalue weighted by atomic mass is 10.1. The van der Waals surface area contributed by atoms with Crippen molar-refractivity contribution in [2.75, 3.05) is 19.7 Å². The molecule has 1 N–H and O–H groups in total. The van der Waals surface area contributed by atoms with Crippen LogP contribution in [0.25, 0.3) is 0 Å². The minimum absolute atomic E-state index is 0.111. The van der Waals surface area contributed by atoms with Gasteiger partial charge in [0.25, 0.3) is 0 Å². The van der Waals surface area contributed by atoms with Crippen LogP contribution in [0.1, 0.15) is 13.8 Å². The first kappa shape index (κ1) is 8.97. The predicted octanol–water partition coefficient (Wildman–Crippen LogP) is 0.00420. The number of amides is 1. The smallest absolute Gasteiger partial charge is 0.225 e. The molecule has 74 valence electrons. The van der Waals surface area contributed by atoms with Gasteiger partial charge in [0.05, 0.1) is 12.6 Å². The second-order valence-corrected chi connectivity index (χ2v) is 4.19. The Morgan fingerprint density at radius 2 is 2.31 bits per heavy atom. The van der Waals surface area contributed by atoms with E-state index in [2.05, 4.69) is 5.48 Å². The molecule has 0 aromatic rings. The highest BCUT2D eigenvalue weighted by atomic mass is 16.7. The number of hydroxylamine groups is 1. The van der Waals surface area contributed by atoms with Crippen LogP contribution in [0.2, 0.25) is 0 Å². The first-order valence-corrected chi connectivity index (χ1v) is 4.84. The van der Waals surface area contributed by atoms with Crippen LogP contribution < -0.4 is 5.48 Å². The van der Waals surface area contributed by atoms with Gasteiger partial charge in [0, 0.05) is 24.9 Å². The number of fused-ring (bicyclic) bond motifs is 1. The maximum atomic E-state index is 11.6. The number of nitrogens with zero attached hydrogens (tertiary/aromatic N) is 1. The maximum Gasteiger partial charge on any atom is 0.225 e. The van der Waals surface area contributed by atoms with Crippen LogP contribution in [0.15, 0.2) is 0 Å². The van der Waals surface area contributed by atoms with Gasteiger partial charge in [0.15, 0.2) is 0 Å². The number of rotatable bonds is 1. The molecule has 1 amide bonds. The van der Waals surface area contributed by atoms with Gasteiger partial charge >= 0.3 is 0 Å². The van der Waals surface area contributed by atoms with Gasteiger partial charge in [-0.25, -0.2) is 0 Å². The van der Waals surface area contributed by atoms with Crippen LogP contribution >= 0.6 is 0 Å². The van der Waals surface area contributed by atoms with Crippen molar-refractivity contribution in [3.63, 3.8) is 0 Å². The lowest BCUT2D eigenvalue weighted by Crippen LogP contribution is -2.35. The van der Waals surface area contributed by atoms with E-state index in [-0.39, 0.29) is 11.8 Å². The zero-order chi connectivity index (χ0) is 9.42. The molecule has 2 heterocycles. The molecule has 0 unspecified atom stereocenters. The van der Waals surface area contributed by atoms with E-state index < -0.39 is 0 Å². The summed E-state index contributed by atoms with van der Waals surface area (Å²) in [6, 6.07) is 0.364. The SMILES string of the molecule is CC(C)C(=O)N1C[C@H]2CON[C@H]2C1. The van der Waals surface area contributed by atoms with Gasteiger partial charge in [-0.3, -0.25) is 4.79 Å². The molecule has 2 aliphatic heterocycles. The molecule has 0 aromatic carbocycles. The Kier molecular flexibility index (Phi) is 2.26. The monoisotopic (exact) mass is 184 g/mol. The van der Waals surface area contributed by atoms with Gasteiger partial charge in [-0.2, -0.15) is 5.48 Å². The average molecular weight is 184 g/mol. The van der Waals surface area contributed by atoms with Crippen molar-refractivity contribution >= 4 is 5.91 Å². The van der Waals surface area contributed by atoms with Gasteiger partial charge in [0.1, 0.15) is 0 Å². The Hall–Kier alpha value is -0.610. The van der Waals surface area contributed by atoms with Crippen molar-refractivity contribution in [3.05, 3.63) is 0 Å². The van der Waals surface area contributed by atoms with E-state index in [9.17, 15) is 4.79 Å². The summed E-state index contributed by atoms with van der Waals surface area (Å²) in [6.07, 6.45) is 0. The molecule has 2 saturated heterocycles. The van der Waals surface area contributed by atoms with E-state index in [1.807, 2.05) is 18.7 Å². The fourth-order valence-electron chi connectivity index (χ4n) is 1.98. The highest BCUT2D eigenvalue weighted by Crippen LogP contribution is 2.22. The van der Waals surface area contributed by atoms with Gasteiger partial charge in [-0.1, -0.05) is 13.8 Å². The number of likely N-dealkylation sites (tertiary alicyclic amines) is 1. The molecule has 0 radical (unpaired) electrons. The molecular formula is C9H16N2O2. The summed E-state index contributed by atoms with van der Waals surface area (Å²) >= 11 is 0. The van der Waals surface area contributed by atoms with Gasteiger partial charge in [0.2, 0.25) is 5.91 Å². The molecule has 0 spiro atoms. The van der Waals surface area contributed by atoms with Crippen LogP contribution in [-0.4, -0.2) is 36.5 Å². The van der Waals surface area contributed by atoms with Crippen LogP contribution in [0, 0.1) is 11.8 Å². The minimum atomic E-state index is 0.111. The number of hydrogen-bond acceptors (Lipinski definition) is 3.